The lowest BCUT2D eigenvalue weighted by Crippen LogP contribution is -2.58. The highest BCUT2D eigenvalue weighted by atomic mass is 16.5. The van der Waals surface area contributed by atoms with E-state index in [0.29, 0.717) is 25.4 Å². The third kappa shape index (κ3) is 6.55. The number of piperazine rings is 1. The van der Waals surface area contributed by atoms with Gasteiger partial charge >= 0.3 is 5.97 Å². The molecule has 1 aromatic carbocycles. The molecule has 2 rings (SSSR count). The predicted octanol–water partition coefficient (Wildman–Crippen LogP) is 2.08. The largest absolute Gasteiger partial charge is 0.484 e. The number of nitrogens with one attached hydrogen (secondary N) is 1. The van der Waals surface area contributed by atoms with E-state index in [1.54, 1.807) is 6.07 Å². The quantitative estimate of drug-likeness (QED) is 0.488. The number of ether oxygens (including phenoxy) is 2. The maximum absolute atomic E-state index is 12.6. The summed E-state index contributed by atoms with van der Waals surface area (Å²) in [6.07, 6.45) is 3.55. The van der Waals surface area contributed by atoms with E-state index in [1.807, 2.05) is 25.1 Å². The highest BCUT2D eigenvalue weighted by Crippen LogP contribution is 2.15. The van der Waals surface area contributed by atoms with Crippen LogP contribution in [0.5, 0.6) is 5.75 Å². The second-order valence-corrected chi connectivity index (χ2v) is 6.82. The van der Waals surface area contributed by atoms with Crippen LogP contribution in [0, 0.1) is 0 Å². The molecule has 0 aromatic heterocycles. The molecule has 2 amide bonds. The van der Waals surface area contributed by atoms with Gasteiger partial charge in [0.25, 0.3) is 5.91 Å². The number of rotatable bonds is 10. The molecule has 7 nitrogen and oxygen atoms in total. The first-order valence-electron chi connectivity index (χ1n) is 9.99. The normalized spacial score (nSPS) is 16.4. The van der Waals surface area contributed by atoms with Crippen molar-refractivity contribution in [2.45, 2.75) is 52.0 Å². The Kier molecular flexibility index (Phi) is 8.78. The molecule has 1 aromatic rings. The van der Waals surface area contributed by atoms with Gasteiger partial charge in [0.1, 0.15) is 11.8 Å². The number of carbonyl (C=O) groups is 3. The van der Waals surface area contributed by atoms with E-state index in [0.717, 1.165) is 31.2 Å². The average Bonchev–Trinajstić information content (AvgIpc) is 2.71. The molecule has 1 aliphatic rings. The minimum atomic E-state index is -0.856. The fraction of sp³-hybridized carbons (Fsp3) is 0.571. The first kappa shape index (κ1) is 21.7. The molecular formula is C21H30N2O5. The van der Waals surface area contributed by atoms with Crippen LogP contribution in [0.2, 0.25) is 0 Å². The Morgan fingerprint density at radius 1 is 1.25 bits per heavy atom. The van der Waals surface area contributed by atoms with Gasteiger partial charge in [0.2, 0.25) is 5.91 Å². The Balaban J connectivity index is 1.91. The van der Waals surface area contributed by atoms with E-state index in [2.05, 4.69) is 12.2 Å². The number of hydrogen-bond acceptors (Lipinski definition) is 5. The lowest BCUT2D eigenvalue weighted by Gasteiger charge is -2.34. The minimum absolute atomic E-state index is 0.144. The monoisotopic (exact) mass is 390 g/mol. The lowest BCUT2D eigenvalue weighted by atomic mass is 10.1. The molecule has 1 N–H and O–H groups in total. The molecule has 0 radical (unpaired) electrons. The molecule has 7 heteroatoms. The summed E-state index contributed by atoms with van der Waals surface area (Å²) in [5, 5.41) is 2.71. The fourth-order valence-corrected chi connectivity index (χ4v) is 3.05. The molecule has 0 saturated carbocycles. The summed E-state index contributed by atoms with van der Waals surface area (Å²) in [6, 6.07) is 6.70. The van der Waals surface area contributed by atoms with Gasteiger partial charge in [-0.05, 0) is 30.5 Å². The van der Waals surface area contributed by atoms with Gasteiger partial charge in [-0.15, -0.1) is 0 Å². The predicted molar refractivity (Wildman–Crippen MR) is 105 cm³/mol. The molecule has 1 atom stereocenters. The van der Waals surface area contributed by atoms with Gasteiger partial charge in [0.15, 0.2) is 6.61 Å². The van der Waals surface area contributed by atoms with Crippen LogP contribution in [0.4, 0.5) is 0 Å². The number of nitrogens with zero attached hydrogens (tertiary/aromatic N) is 1. The Morgan fingerprint density at radius 3 is 2.82 bits per heavy atom. The Hall–Kier alpha value is -2.57. The third-order valence-electron chi connectivity index (χ3n) is 4.69. The van der Waals surface area contributed by atoms with E-state index < -0.39 is 12.0 Å². The van der Waals surface area contributed by atoms with Crippen LogP contribution >= 0.6 is 0 Å². The zero-order chi connectivity index (χ0) is 20.4. The van der Waals surface area contributed by atoms with Crippen LogP contribution in [0.15, 0.2) is 24.3 Å². The topological polar surface area (TPSA) is 84.9 Å². The van der Waals surface area contributed by atoms with Crippen LogP contribution in [-0.4, -0.2) is 55.0 Å². The summed E-state index contributed by atoms with van der Waals surface area (Å²) < 4.78 is 10.8. The van der Waals surface area contributed by atoms with E-state index in [4.69, 9.17) is 9.47 Å². The number of esters is 1. The van der Waals surface area contributed by atoms with Crippen LogP contribution < -0.4 is 10.1 Å². The molecule has 1 heterocycles. The van der Waals surface area contributed by atoms with E-state index in [1.165, 1.54) is 4.90 Å². The van der Waals surface area contributed by atoms with Crippen molar-refractivity contribution in [3.8, 4) is 5.75 Å². The van der Waals surface area contributed by atoms with E-state index in [9.17, 15) is 14.4 Å². The molecule has 1 fully saturated rings. The van der Waals surface area contributed by atoms with Crippen molar-refractivity contribution in [3.05, 3.63) is 29.8 Å². The van der Waals surface area contributed by atoms with Crippen LogP contribution in [-0.2, 0) is 25.5 Å². The summed E-state index contributed by atoms with van der Waals surface area (Å²) in [6.45, 7) is 4.98. The van der Waals surface area contributed by atoms with Crippen LogP contribution in [0.1, 0.15) is 45.1 Å². The van der Waals surface area contributed by atoms with Gasteiger partial charge < -0.3 is 19.7 Å². The van der Waals surface area contributed by atoms with Gasteiger partial charge in [-0.2, -0.15) is 0 Å². The van der Waals surface area contributed by atoms with Crippen LogP contribution in [0.3, 0.4) is 0 Å². The zero-order valence-corrected chi connectivity index (χ0v) is 16.7. The first-order chi connectivity index (χ1) is 13.5. The molecule has 1 saturated heterocycles. The maximum Gasteiger partial charge on any atom is 0.308 e. The Labute approximate surface area is 166 Å². The molecule has 0 aliphatic carbocycles. The van der Waals surface area contributed by atoms with Gasteiger partial charge in [0.05, 0.1) is 13.0 Å². The number of hydrogen-bond donors (Lipinski definition) is 1. The van der Waals surface area contributed by atoms with Gasteiger partial charge in [-0.3, -0.25) is 14.4 Å². The molecule has 1 aliphatic heterocycles. The average molecular weight is 390 g/mol. The SMILES string of the molecule is CCCCCOC(=O)CC1C(=O)NCCN1C(=O)COc1cccc(CC)c1. The minimum Gasteiger partial charge on any atom is -0.484 e. The summed E-state index contributed by atoms with van der Waals surface area (Å²) in [7, 11) is 0. The zero-order valence-electron chi connectivity index (χ0n) is 16.7. The summed E-state index contributed by atoms with van der Waals surface area (Å²) >= 11 is 0. The lowest BCUT2D eigenvalue weighted by molar-refractivity contribution is -0.152. The number of unbranched alkanes of at least 4 members (excludes halogenated alkanes) is 2. The summed E-state index contributed by atoms with van der Waals surface area (Å²) in [5.41, 5.74) is 1.12. The van der Waals surface area contributed by atoms with Crippen molar-refractivity contribution >= 4 is 17.8 Å². The van der Waals surface area contributed by atoms with Crippen molar-refractivity contribution < 1.29 is 23.9 Å². The molecule has 1 unspecified atom stereocenters. The molecular weight excluding hydrogens is 360 g/mol. The second kappa shape index (κ2) is 11.3. The second-order valence-electron chi connectivity index (χ2n) is 6.82. The molecule has 0 spiro atoms. The standard InChI is InChI=1S/C21H30N2O5/c1-3-5-6-12-27-20(25)14-18-21(26)22-10-11-23(18)19(24)15-28-17-9-7-8-16(4-2)13-17/h7-9,13,18H,3-6,10-12,14-15H2,1-2H3,(H,22,26). The van der Waals surface area contributed by atoms with E-state index >= 15 is 0 Å². The smallest absolute Gasteiger partial charge is 0.308 e. The van der Waals surface area contributed by atoms with Crippen molar-refractivity contribution in [3.63, 3.8) is 0 Å². The van der Waals surface area contributed by atoms with Crippen molar-refractivity contribution in [2.75, 3.05) is 26.3 Å². The Bertz CT molecular complexity index is 677. The van der Waals surface area contributed by atoms with E-state index in [-0.39, 0.29) is 24.8 Å². The fourth-order valence-electron chi connectivity index (χ4n) is 3.05. The highest BCUT2D eigenvalue weighted by molar-refractivity contribution is 5.92. The van der Waals surface area contributed by atoms with Crippen molar-refractivity contribution in [2.24, 2.45) is 0 Å². The van der Waals surface area contributed by atoms with Crippen LogP contribution in [0.25, 0.3) is 0 Å². The van der Waals surface area contributed by atoms with Gasteiger partial charge in [0, 0.05) is 13.1 Å². The number of carbonyl (C=O) groups excluding carboxylic acids is 3. The molecule has 154 valence electrons. The van der Waals surface area contributed by atoms with Gasteiger partial charge in [-0.25, -0.2) is 0 Å². The van der Waals surface area contributed by atoms with Crippen molar-refractivity contribution in [1.82, 2.24) is 10.2 Å². The number of amides is 2. The first-order valence-corrected chi connectivity index (χ1v) is 9.99. The number of aryl methyl sites for hydroxylation is 1. The molecule has 0 bridgehead atoms. The highest BCUT2D eigenvalue weighted by Gasteiger charge is 2.35. The summed E-state index contributed by atoms with van der Waals surface area (Å²) in [4.78, 5) is 38.3. The van der Waals surface area contributed by atoms with Gasteiger partial charge in [-0.1, -0.05) is 38.8 Å². The Morgan fingerprint density at radius 2 is 2.07 bits per heavy atom. The van der Waals surface area contributed by atoms with Crippen molar-refractivity contribution in [1.29, 1.82) is 0 Å². The third-order valence-corrected chi connectivity index (χ3v) is 4.69. The summed E-state index contributed by atoms with van der Waals surface area (Å²) in [5.74, 6) is -0.507. The number of benzene rings is 1. The molecule has 28 heavy (non-hydrogen) atoms. The maximum atomic E-state index is 12.6.